The first-order valence-corrected chi connectivity index (χ1v) is 5.43. The van der Waals surface area contributed by atoms with Gasteiger partial charge in [0.25, 0.3) is 0 Å². The second-order valence-electron chi connectivity index (χ2n) is 3.11. The number of hydrogen-bond acceptors (Lipinski definition) is 1. The van der Waals surface area contributed by atoms with Gasteiger partial charge >= 0.3 is 6.09 Å². The molecule has 2 aromatic rings. The molecule has 0 saturated heterocycles. The zero-order chi connectivity index (χ0) is 10.8. The molecule has 1 amide bonds. The van der Waals surface area contributed by atoms with E-state index in [0.717, 1.165) is 14.3 Å². The van der Waals surface area contributed by atoms with Crippen LogP contribution >= 0.6 is 22.6 Å². The minimum atomic E-state index is -1.04. The van der Waals surface area contributed by atoms with Crippen molar-refractivity contribution in [2.24, 2.45) is 0 Å². The number of fused-ring (bicyclic) bond motifs is 1. The van der Waals surface area contributed by atoms with Crippen LogP contribution in [0.1, 0.15) is 0 Å². The quantitative estimate of drug-likeness (QED) is 0.791. The first-order valence-electron chi connectivity index (χ1n) is 4.35. The maximum atomic E-state index is 10.5. The van der Waals surface area contributed by atoms with E-state index in [1.807, 2.05) is 36.4 Å². The summed E-state index contributed by atoms with van der Waals surface area (Å²) in [6, 6.07) is 11.6. The summed E-state index contributed by atoms with van der Waals surface area (Å²) in [6.45, 7) is 0. The smallest absolute Gasteiger partial charge is 0.409 e. The van der Waals surface area contributed by atoms with Crippen molar-refractivity contribution >= 4 is 45.1 Å². The number of rotatable bonds is 1. The predicted octanol–water partition coefficient (Wildman–Crippen LogP) is 3.53. The SMILES string of the molecule is O=C(O)Nc1cc2ccccc2cc1I. The fourth-order valence-corrected chi connectivity index (χ4v) is 2.05. The summed E-state index contributed by atoms with van der Waals surface area (Å²) in [5.41, 5.74) is 0.627. The monoisotopic (exact) mass is 313 g/mol. The molecule has 0 heterocycles. The average Bonchev–Trinajstić information content (AvgIpc) is 2.18. The number of halogens is 1. The van der Waals surface area contributed by atoms with Gasteiger partial charge in [0, 0.05) is 3.57 Å². The Bertz CT molecular complexity index is 525. The summed E-state index contributed by atoms with van der Waals surface area (Å²) in [6.07, 6.45) is -1.04. The zero-order valence-corrected chi connectivity index (χ0v) is 9.86. The van der Waals surface area contributed by atoms with E-state index in [9.17, 15) is 4.79 Å². The number of carbonyl (C=O) groups is 1. The van der Waals surface area contributed by atoms with Gasteiger partial charge in [-0.1, -0.05) is 24.3 Å². The minimum absolute atomic E-state index is 0.627. The molecule has 76 valence electrons. The molecule has 3 nitrogen and oxygen atoms in total. The highest BCUT2D eigenvalue weighted by atomic mass is 127. The maximum Gasteiger partial charge on any atom is 0.409 e. The minimum Gasteiger partial charge on any atom is -0.465 e. The average molecular weight is 313 g/mol. The number of benzene rings is 2. The molecule has 0 saturated carbocycles. The van der Waals surface area contributed by atoms with E-state index in [-0.39, 0.29) is 0 Å². The molecule has 0 radical (unpaired) electrons. The van der Waals surface area contributed by atoms with Crippen molar-refractivity contribution in [2.75, 3.05) is 5.32 Å². The normalized spacial score (nSPS) is 10.2. The molecule has 0 aliphatic heterocycles. The molecule has 4 heteroatoms. The maximum absolute atomic E-state index is 10.5. The molecule has 2 aromatic carbocycles. The Balaban J connectivity index is 2.56. The van der Waals surface area contributed by atoms with Gasteiger partial charge in [-0.2, -0.15) is 0 Å². The van der Waals surface area contributed by atoms with Crippen LogP contribution in [0.5, 0.6) is 0 Å². The van der Waals surface area contributed by atoms with Crippen molar-refractivity contribution in [3.63, 3.8) is 0 Å². The number of nitrogens with one attached hydrogen (secondary N) is 1. The number of amides is 1. The van der Waals surface area contributed by atoms with Crippen molar-refractivity contribution in [1.29, 1.82) is 0 Å². The fraction of sp³-hybridized carbons (Fsp3) is 0. The van der Waals surface area contributed by atoms with Crippen LogP contribution in [0.25, 0.3) is 10.8 Å². The summed E-state index contributed by atoms with van der Waals surface area (Å²) in [7, 11) is 0. The highest BCUT2D eigenvalue weighted by Crippen LogP contribution is 2.25. The van der Waals surface area contributed by atoms with Gasteiger partial charge in [0.15, 0.2) is 0 Å². The third-order valence-corrected chi connectivity index (χ3v) is 2.97. The Morgan fingerprint density at radius 1 is 1.20 bits per heavy atom. The van der Waals surface area contributed by atoms with Crippen molar-refractivity contribution in [1.82, 2.24) is 0 Å². The fourth-order valence-electron chi connectivity index (χ4n) is 1.42. The molecule has 2 rings (SSSR count). The van der Waals surface area contributed by atoms with E-state index in [0.29, 0.717) is 5.69 Å². The summed E-state index contributed by atoms with van der Waals surface area (Å²) in [5.74, 6) is 0. The molecule has 2 N–H and O–H groups in total. The Hall–Kier alpha value is -1.30. The second kappa shape index (κ2) is 4.06. The molecule has 0 bridgehead atoms. The Labute approximate surface area is 100 Å². The summed E-state index contributed by atoms with van der Waals surface area (Å²) in [4.78, 5) is 10.5. The molecule has 0 aromatic heterocycles. The first kappa shape index (κ1) is 10.2. The molecule has 15 heavy (non-hydrogen) atoms. The number of carboxylic acid groups (broad SMARTS) is 1. The second-order valence-corrected chi connectivity index (χ2v) is 4.27. The van der Waals surface area contributed by atoms with Crippen LogP contribution in [-0.4, -0.2) is 11.2 Å². The number of anilines is 1. The Kier molecular flexibility index (Phi) is 2.77. The Morgan fingerprint density at radius 3 is 2.40 bits per heavy atom. The van der Waals surface area contributed by atoms with Gasteiger partial charge in [0.2, 0.25) is 0 Å². The van der Waals surface area contributed by atoms with Crippen LogP contribution in [0.15, 0.2) is 36.4 Å². The molecule has 0 atom stereocenters. The van der Waals surface area contributed by atoms with Gasteiger partial charge in [0.05, 0.1) is 5.69 Å². The zero-order valence-electron chi connectivity index (χ0n) is 7.70. The third-order valence-electron chi connectivity index (χ3n) is 2.08. The third kappa shape index (κ3) is 2.20. The molecule has 0 fully saturated rings. The molecular weight excluding hydrogens is 305 g/mol. The first-order chi connectivity index (χ1) is 7.16. The molecule has 0 aliphatic carbocycles. The Morgan fingerprint density at radius 2 is 1.80 bits per heavy atom. The van der Waals surface area contributed by atoms with Crippen molar-refractivity contribution in [3.05, 3.63) is 40.0 Å². The molecule has 0 spiro atoms. The number of hydrogen-bond donors (Lipinski definition) is 2. The van der Waals surface area contributed by atoms with Crippen molar-refractivity contribution < 1.29 is 9.90 Å². The lowest BCUT2D eigenvalue weighted by Gasteiger charge is -2.06. The molecule has 0 unspecified atom stereocenters. The lowest BCUT2D eigenvalue weighted by molar-refractivity contribution is 0.209. The largest absolute Gasteiger partial charge is 0.465 e. The summed E-state index contributed by atoms with van der Waals surface area (Å²) in [5, 5.41) is 13.2. The summed E-state index contributed by atoms with van der Waals surface area (Å²) >= 11 is 2.12. The van der Waals surface area contributed by atoms with Gasteiger partial charge < -0.3 is 5.11 Å². The van der Waals surface area contributed by atoms with Crippen molar-refractivity contribution in [2.45, 2.75) is 0 Å². The highest BCUT2D eigenvalue weighted by molar-refractivity contribution is 14.1. The molecule has 0 aliphatic rings. The van der Waals surface area contributed by atoms with E-state index in [1.165, 1.54) is 0 Å². The van der Waals surface area contributed by atoms with Gasteiger partial charge in [0.1, 0.15) is 0 Å². The van der Waals surface area contributed by atoms with E-state index >= 15 is 0 Å². The van der Waals surface area contributed by atoms with Crippen LogP contribution in [-0.2, 0) is 0 Å². The van der Waals surface area contributed by atoms with Crippen LogP contribution < -0.4 is 5.32 Å². The lowest BCUT2D eigenvalue weighted by atomic mass is 10.1. The van der Waals surface area contributed by atoms with Gasteiger partial charge in [-0.3, -0.25) is 5.32 Å². The van der Waals surface area contributed by atoms with Crippen LogP contribution in [0.4, 0.5) is 10.5 Å². The van der Waals surface area contributed by atoms with Crippen LogP contribution in [0, 0.1) is 3.57 Å². The summed E-state index contributed by atoms with van der Waals surface area (Å²) < 4.78 is 0.897. The van der Waals surface area contributed by atoms with E-state index in [2.05, 4.69) is 27.9 Å². The van der Waals surface area contributed by atoms with E-state index < -0.39 is 6.09 Å². The van der Waals surface area contributed by atoms with Gasteiger partial charge in [-0.05, 0) is 45.5 Å². The van der Waals surface area contributed by atoms with Crippen molar-refractivity contribution in [3.8, 4) is 0 Å². The van der Waals surface area contributed by atoms with Crippen LogP contribution in [0.2, 0.25) is 0 Å². The van der Waals surface area contributed by atoms with E-state index in [4.69, 9.17) is 5.11 Å². The van der Waals surface area contributed by atoms with Gasteiger partial charge in [-0.15, -0.1) is 0 Å². The predicted molar refractivity (Wildman–Crippen MR) is 68.3 cm³/mol. The topological polar surface area (TPSA) is 49.3 Å². The van der Waals surface area contributed by atoms with Crippen LogP contribution in [0.3, 0.4) is 0 Å². The van der Waals surface area contributed by atoms with Gasteiger partial charge in [-0.25, -0.2) is 4.79 Å². The van der Waals surface area contributed by atoms with E-state index in [1.54, 1.807) is 0 Å². The highest BCUT2D eigenvalue weighted by Gasteiger charge is 2.04. The molecular formula is C11H8INO2. The standard InChI is InChI=1S/C11H8INO2/c12-9-5-7-3-1-2-4-8(7)6-10(9)13-11(14)15/h1-6,13H,(H,14,15). The lowest BCUT2D eigenvalue weighted by Crippen LogP contribution is -2.08.